The van der Waals surface area contributed by atoms with Gasteiger partial charge in [-0.3, -0.25) is 0 Å². The quantitative estimate of drug-likeness (QED) is 0.206. The first-order chi connectivity index (χ1) is 20.1. The van der Waals surface area contributed by atoms with Crippen LogP contribution in [0.2, 0.25) is 0 Å². The topological polar surface area (TPSA) is 37.0 Å². The van der Waals surface area contributed by atoms with Gasteiger partial charge in [0.15, 0.2) is 0 Å². The van der Waals surface area contributed by atoms with Gasteiger partial charge in [-0.1, -0.05) is 75.3 Å². The highest BCUT2D eigenvalue weighted by Crippen LogP contribution is 2.32. The van der Waals surface area contributed by atoms with Crippen LogP contribution in [0.1, 0.15) is 61.8 Å². The third kappa shape index (κ3) is 8.64. The number of hydrogen-bond acceptors (Lipinski definition) is 5. The van der Waals surface area contributed by atoms with Crippen LogP contribution in [0, 0.1) is 0 Å². The van der Waals surface area contributed by atoms with Gasteiger partial charge in [-0.25, -0.2) is 0 Å². The molecule has 1 N–H and O–H groups in total. The highest BCUT2D eigenvalue weighted by atomic mass is 16.5. The fraction of sp³-hybridized carbons (Fsp3) is 0.389. The molecule has 0 amide bonds. The normalized spacial score (nSPS) is 13.7. The molecule has 1 aliphatic rings. The molecule has 5 nitrogen and oxygen atoms in total. The third-order valence-electron chi connectivity index (χ3n) is 7.69. The van der Waals surface area contributed by atoms with Gasteiger partial charge in [0.25, 0.3) is 0 Å². The van der Waals surface area contributed by atoms with Crippen LogP contribution < -0.4 is 24.6 Å². The van der Waals surface area contributed by atoms with Crippen molar-refractivity contribution >= 4 is 35.7 Å². The Morgan fingerprint density at radius 3 is 1.66 bits per heavy atom. The van der Waals surface area contributed by atoms with Crippen LogP contribution in [0.3, 0.4) is 0 Å². The lowest BCUT2D eigenvalue weighted by Crippen LogP contribution is -2.43. The van der Waals surface area contributed by atoms with Crippen molar-refractivity contribution in [3.63, 3.8) is 0 Å². The zero-order valence-electron chi connectivity index (χ0n) is 25.4. The largest absolute Gasteiger partial charge is 0.496 e. The van der Waals surface area contributed by atoms with Gasteiger partial charge in [0, 0.05) is 61.8 Å². The fourth-order valence-corrected chi connectivity index (χ4v) is 5.16. The van der Waals surface area contributed by atoms with Crippen LogP contribution in [0.4, 0.5) is 11.4 Å². The fourth-order valence-electron chi connectivity index (χ4n) is 5.16. The highest BCUT2D eigenvalue weighted by Gasteiger charge is 2.11. The first-order valence-electron chi connectivity index (χ1n) is 15.2. The Morgan fingerprint density at radius 2 is 1.20 bits per heavy atom. The van der Waals surface area contributed by atoms with Crippen LogP contribution in [-0.4, -0.2) is 53.5 Å². The van der Waals surface area contributed by atoms with Gasteiger partial charge >= 0.3 is 0 Å². The minimum Gasteiger partial charge on any atom is -0.496 e. The average Bonchev–Trinajstić information content (AvgIpc) is 3.03. The number of anilines is 2. The lowest BCUT2D eigenvalue weighted by Gasteiger charge is -2.29. The zero-order chi connectivity index (χ0) is 28.9. The summed E-state index contributed by atoms with van der Waals surface area (Å²) in [6.07, 6.45) is 13.3. The van der Waals surface area contributed by atoms with Crippen LogP contribution in [0.25, 0.3) is 24.3 Å². The number of unbranched alkanes of at least 4 members (excludes halogenated alkanes) is 2. The highest BCUT2D eigenvalue weighted by molar-refractivity contribution is 5.79. The Morgan fingerprint density at radius 1 is 0.707 bits per heavy atom. The van der Waals surface area contributed by atoms with E-state index in [2.05, 4.69) is 102 Å². The van der Waals surface area contributed by atoms with Crippen LogP contribution in [0.15, 0.2) is 60.7 Å². The molecular weight excluding hydrogens is 506 g/mol. The molecule has 3 aromatic rings. The van der Waals surface area contributed by atoms with E-state index in [1.807, 2.05) is 12.1 Å². The molecule has 0 unspecified atom stereocenters. The van der Waals surface area contributed by atoms with Gasteiger partial charge in [-0.05, 0) is 60.4 Å². The van der Waals surface area contributed by atoms with Crippen molar-refractivity contribution in [2.75, 3.05) is 63.3 Å². The molecule has 0 aliphatic carbocycles. The minimum atomic E-state index is 0.817. The molecule has 1 aliphatic heterocycles. The maximum Gasteiger partial charge on any atom is 0.126 e. The summed E-state index contributed by atoms with van der Waals surface area (Å²) in [6, 6.07) is 21.7. The Hall–Kier alpha value is -3.70. The van der Waals surface area contributed by atoms with Crippen LogP contribution >= 0.6 is 0 Å². The first kappa shape index (κ1) is 30.3. The van der Waals surface area contributed by atoms with Crippen molar-refractivity contribution in [2.45, 2.75) is 39.5 Å². The van der Waals surface area contributed by atoms with Crippen molar-refractivity contribution in [1.29, 1.82) is 0 Å². The second-order valence-electron chi connectivity index (χ2n) is 10.6. The van der Waals surface area contributed by atoms with E-state index in [0.717, 1.165) is 73.0 Å². The Labute approximate surface area is 247 Å². The monoisotopic (exact) mass is 553 g/mol. The van der Waals surface area contributed by atoms with E-state index in [9.17, 15) is 0 Å². The summed E-state index contributed by atoms with van der Waals surface area (Å²) in [5.74, 6) is 1.63. The van der Waals surface area contributed by atoms with Crippen LogP contribution in [-0.2, 0) is 0 Å². The van der Waals surface area contributed by atoms with Crippen molar-refractivity contribution in [3.05, 3.63) is 82.9 Å². The molecule has 0 bridgehead atoms. The Kier molecular flexibility index (Phi) is 11.8. The van der Waals surface area contributed by atoms with Crippen molar-refractivity contribution in [2.24, 2.45) is 0 Å². The maximum atomic E-state index is 5.78. The average molecular weight is 554 g/mol. The van der Waals surface area contributed by atoms with Crippen molar-refractivity contribution in [1.82, 2.24) is 5.32 Å². The predicted molar refractivity (Wildman–Crippen MR) is 177 cm³/mol. The predicted octanol–water partition coefficient (Wildman–Crippen LogP) is 7.86. The molecule has 1 heterocycles. The summed E-state index contributed by atoms with van der Waals surface area (Å²) in [4.78, 5) is 4.94. The van der Waals surface area contributed by atoms with E-state index in [4.69, 9.17) is 9.47 Å². The van der Waals surface area contributed by atoms with Gasteiger partial charge in [0.2, 0.25) is 0 Å². The number of hydrogen-bond donors (Lipinski definition) is 1. The summed E-state index contributed by atoms with van der Waals surface area (Å²) >= 11 is 0. The molecule has 41 heavy (non-hydrogen) atoms. The second-order valence-corrected chi connectivity index (χ2v) is 10.6. The lowest BCUT2D eigenvalue weighted by molar-refractivity contribution is 0.401. The van der Waals surface area contributed by atoms with E-state index in [-0.39, 0.29) is 0 Å². The van der Waals surface area contributed by atoms with E-state index in [1.165, 1.54) is 37.1 Å². The molecule has 1 saturated heterocycles. The smallest absolute Gasteiger partial charge is 0.126 e. The first-order valence-corrected chi connectivity index (χ1v) is 15.2. The molecule has 4 rings (SSSR count). The van der Waals surface area contributed by atoms with E-state index in [0.29, 0.717) is 0 Å². The molecule has 0 saturated carbocycles. The molecule has 0 radical (unpaired) electrons. The van der Waals surface area contributed by atoms with Crippen molar-refractivity contribution < 1.29 is 9.47 Å². The number of nitrogens with one attached hydrogen (secondary N) is 1. The number of rotatable bonds is 14. The molecule has 218 valence electrons. The number of nitrogens with zero attached hydrogens (tertiary/aromatic N) is 2. The molecule has 1 fully saturated rings. The standard InChI is InChI=1S/C36H47N3O2/c1-5-7-23-38(24-8-6-2)33-17-11-29(12-18-33)9-15-31-27-36(41-4)32(28-35(31)40-3)16-10-30-13-19-34(20-14-30)39-25-21-37-22-26-39/h9-20,27-28,37H,5-8,21-26H2,1-4H3/b15-9+,16-10+. The van der Waals surface area contributed by atoms with Gasteiger partial charge < -0.3 is 24.6 Å². The molecule has 3 aromatic carbocycles. The Bertz CT molecular complexity index is 1250. The summed E-state index contributed by atoms with van der Waals surface area (Å²) in [5.41, 5.74) is 6.86. The Balaban J connectivity index is 1.47. The SMILES string of the molecule is CCCCN(CCCC)c1ccc(/C=C/c2cc(OC)c(/C=C/c3ccc(N4CCNCC4)cc3)cc2OC)cc1. The molecule has 0 atom stereocenters. The summed E-state index contributed by atoms with van der Waals surface area (Å²) < 4.78 is 11.5. The van der Waals surface area contributed by atoms with Gasteiger partial charge in [-0.15, -0.1) is 0 Å². The summed E-state index contributed by atoms with van der Waals surface area (Å²) in [6.45, 7) is 10.9. The van der Waals surface area contributed by atoms with Gasteiger partial charge in [-0.2, -0.15) is 0 Å². The van der Waals surface area contributed by atoms with E-state index < -0.39 is 0 Å². The second kappa shape index (κ2) is 15.9. The number of piperazine rings is 1. The number of benzene rings is 3. The zero-order valence-corrected chi connectivity index (χ0v) is 25.4. The van der Waals surface area contributed by atoms with Gasteiger partial charge in [0.05, 0.1) is 14.2 Å². The summed E-state index contributed by atoms with van der Waals surface area (Å²) in [5, 5.41) is 3.41. The van der Waals surface area contributed by atoms with Gasteiger partial charge in [0.1, 0.15) is 11.5 Å². The lowest BCUT2D eigenvalue weighted by atomic mass is 10.0. The molecular formula is C36H47N3O2. The molecule has 0 spiro atoms. The minimum absolute atomic E-state index is 0.817. The maximum absolute atomic E-state index is 5.78. The number of ether oxygens (including phenoxy) is 2. The third-order valence-corrected chi connectivity index (χ3v) is 7.69. The molecule has 0 aromatic heterocycles. The van der Waals surface area contributed by atoms with Crippen molar-refractivity contribution in [3.8, 4) is 11.5 Å². The van der Waals surface area contributed by atoms with Crippen LogP contribution in [0.5, 0.6) is 11.5 Å². The number of methoxy groups -OCH3 is 2. The van der Waals surface area contributed by atoms with E-state index in [1.54, 1.807) is 14.2 Å². The molecule has 5 heteroatoms. The summed E-state index contributed by atoms with van der Waals surface area (Å²) in [7, 11) is 3.44. The van der Waals surface area contributed by atoms with E-state index >= 15 is 0 Å².